The number of benzene rings is 2. The van der Waals surface area contributed by atoms with Crippen LogP contribution >= 0.6 is 15.9 Å². The number of piperazine rings is 1. The molecule has 1 atom stereocenters. The third kappa shape index (κ3) is 3.62. The van der Waals surface area contributed by atoms with Gasteiger partial charge in [0.2, 0.25) is 5.91 Å². The lowest BCUT2D eigenvalue weighted by atomic mass is 10.0. The molecular formula is C22H23BrN4O. The van der Waals surface area contributed by atoms with Crippen molar-refractivity contribution in [1.82, 2.24) is 9.88 Å². The summed E-state index contributed by atoms with van der Waals surface area (Å²) < 4.78 is 0.930. The summed E-state index contributed by atoms with van der Waals surface area (Å²) in [5.41, 5.74) is 9.46. The van der Waals surface area contributed by atoms with Gasteiger partial charge in [0.1, 0.15) is 6.04 Å². The Morgan fingerprint density at radius 1 is 1.11 bits per heavy atom. The van der Waals surface area contributed by atoms with E-state index in [-0.39, 0.29) is 5.91 Å². The topological polar surface area (TPSA) is 62.5 Å². The zero-order valence-electron chi connectivity index (χ0n) is 15.8. The van der Waals surface area contributed by atoms with Crippen LogP contribution in [0.5, 0.6) is 0 Å². The molecule has 28 heavy (non-hydrogen) atoms. The Balaban J connectivity index is 1.49. The van der Waals surface area contributed by atoms with Gasteiger partial charge in [-0.05, 0) is 36.2 Å². The highest BCUT2D eigenvalue weighted by molar-refractivity contribution is 9.10. The van der Waals surface area contributed by atoms with Crippen molar-refractivity contribution in [2.75, 3.05) is 31.1 Å². The standard InChI is InChI=1S/C22H23BrN4O/c1-15-13-25-14-17-5-3-7-19(20(15)17)26-8-10-27(11-9-26)22(28)21(24)16-4-2-6-18(23)12-16/h2-7,12-14,21H,8-11,24H2,1H3. The molecule has 0 aliphatic carbocycles. The van der Waals surface area contributed by atoms with Crippen molar-refractivity contribution < 1.29 is 4.79 Å². The van der Waals surface area contributed by atoms with E-state index in [1.807, 2.05) is 41.6 Å². The Hall–Kier alpha value is -2.44. The Morgan fingerprint density at radius 2 is 1.86 bits per heavy atom. The maximum absolute atomic E-state index is 12.9. The van der Waals surface area contributed by atoms with Gasteiger partial charge in [0.25, 0.3) is 0 Å². The van der Waals surface area contributed by atoms with E-state index in [1.54, 1.807) is 0 Å². The number of halogens is 1. The number of fused-ring (bicyclic) bond motifs is 1. The Bertz CT molecular complexity index is 1010. The van der Waals surface area contributed by atoms with Gasteiger partial charge in [-0.25, -0.2) is 0 Å². The fraction of sp³-hybridized carbons (Fsp3) is 0.273. The molecule has 1 aliphatic heterocycles. The smallest absolute Gasteiger partial charge is 0.244 e. The molecule has 4 rings (SSSR count). The summed E-state index contributed by atoms with van der Waals surface area (Å²) in [6.45, 7) is 5.01. The second kappa shape index (κ2) is 7.89. The summed E-state index contributed by atoms with van der Waals surface area (Å²) in [5.74, 6) is -0.0175. The maximum Gasteiger partial charge on any atom is 0.244 e. The number of aromatic nitrogens is 1. The highest BCUT2D eigenvalue weighted by Gasteiger charge is 2.27. The van der Waals surface area contributed by atoms with Gasteiger partial charge in [0.05, 0.1) is 0 Å². The number of nitrogens with zero attached hydrogens (tertiary/aromatic N) is 3. The molecular weight excluding hydrogens is 416 g/mol. The predicted molar refractivity (Wildman–Crippen MR) is 116 cm³/mol. The van der Waals surface area contributed by atoms with E-state index in [0.717, 1.165) is 28.5 Å². The molecule has 6 heteroatoms. The molecule has 0 spiro atoms. The Morgan fingerprint density at radius 3 is 2.61 bits per heavy atom. The average Bonchev–Trinajstić information content (AvgIpc) is 2.72. The number of amides is 1. The summed E-state index contributed by atoms with van der Waals surface area (Å²) >= 11 is 3.44. The second-order valence-electron chi connectivity index (χ2n) is 7.18. The number of carbonyl (C=O) groups excluding carboxylic acids is 1. The monoisotopic (exact) mass is 438 g/mol. The van der Waals surface area contributed by atoms with Crippen LogP contribution < -0.4 is 10.6 Å². The zero-order valence-corrected chi connectivity index (χ0v) is 17.4. The van der Waals surface area contributed by atoms with Crippen LogP contribution in [0, 0.1) is 6.92 Å². The van der Waals surface area contributed by atoms with Crippen LogP contribution in [-0.2, 0) is 4.79 Å². The first-order valence-electron chi connectivity index (χ1n) is 9.43. The van der Waals surface area contributed by atoms with Gasteiger partial charge >= 0.3 is 0 Å². The minimum atomic E-state index is -0.630. The van der Waals surface area contributed by atoms with E-state index >= 15 is 0 Å². The first kappa shape index (κ1) is 18.9. The third-order valence-corrected chi connectivity index (χ3v) is 5.85. The largest absolute Gasteiger partial charge is 0.367 e. The lowest BCUT2D eigenvalue weighted by Crippen LogP contribution is -2.51. The van der Waals surface area contributed by atoms with Gasteiger partial charge < -0.3 is 15.5 Å². The summed E-state index contributed by atoms with van der Waals surface area (Å²) in [4.78, 5) is 21.4. The summed E-state index contributed by atoms with van der Waals surface area (Å²) in [7, 11) is 0. The van der Waals surface area contributed by atoms with E-state index < -0.39 is 6.04 Å². The number of anilines is 1. The molecule has 144 valence electrons. The third-order valence-electron chi connectivity index (χ3n) is 5.36. The van der Waals surface area contributed by atoms with Gasteiger partial charge in [-0.2, -0.15) is 0 Å². The summed E-state index contributed by atoms with van der Waals surface area (Å²) in [6, 6.07) is 13.3. The van der Waals surface area contributed by atoms with Crippen molar-refractivity contribution in [2.24, 2.45) is 5.73 Å². The Labute approximate surface area is 173 Å². The molecule has 1 amide bonds. The van der Waals surface area contributed by atoms with E-state index in [0.29, 0.717) is 13.1 Å². The van der Waals surface area contributed by atoms with Crippen LogP contribution in [-0.4, -0.2) is 42.0 Å². The molecule has 3 aromatic rings. The van der Waals surface area contributed by atoms with Crippen LogP contribution in [0.3, 0.4) is 0 Å². The van der Waals surface area contributed by atoms with Gasteiger partial charge in [-0.1, -0.05) is 40.2 Å². The second-order valence-corrected chi connectivity index (χ2v) is 8.09. The number of pyridine rings is 1. The van der Waals surface area contributed by atoms with Crippen molar-refractivity contribution in [1.29, 1.82) is 0 Å². The minimum Gasteiger partial charge on any atom is -0.367 e. The van der Waals surface area contributed by atoms with Crippen molar-refractivity contribution >= 4 is 38.3 Å². The van der Waals surface area contributed by atoms with Crippen LogP contribution in [0.15, 0.2) is 59.3 Å². The van der Waals surface area contributed by atoms with E-state index in [9.17, 15) is 4.79 Å². The number of hydrogen-bond donors (Lipinski definition) is 1. The molecule has 0 radical (unpaired) electrons. The number of rotatable bonds is 3. The molecule has 1 unspecified atom stereocenters. The first-order valence-corrected chi connectivity index (χ1v) is 10.2. The number of nitrogens with two attached hydrogens (primary N) is 1. The molecule has 5 nitrogen and oxygen atoms in total. The first-order chi connectivity index (χ1) is 13.5. The molecule has 2 aromatic carbocycles. The quantitative estimate of drug-likeness (QED) is 0.677. The minimum absolute atomic E-state index is 0.0175. The van der Waals surface area contributed by atoms with Crippen LogP contribution in [0.1, 0.15) is 17.2 Å². The van der Waals surface area contributed by atoms with Gasteiger partial charge in [-0.3, -0.25) is 9.78 Å². The summed E-state index contributed by atoms with van der Waals surface area (Å²) in [6.07, 6.45) is 3.81. The highest BCUT2D eigenvalue weighted by Crippen LogP contribution is 2.30. The lowest BCUT2D eigenvalue weighted by Gasteiger charge is -2.37. The highest BCUT2D eigenvalue weighted by atomic mass is 79.9. The lowest BCUT2D eigenvalue weighted by molar-refractivity contribution is -0.133. The number of aryl methyl sites for hydroxylation is 1. The molecule has 1 saturated heterocycles. The van der Waals surface area contributed by atoms with Crippen molar-refractivity contribution in [3.63, 3.8) is 0 Å². The van der Waals surface area contributed by atoms with Crippen LogP contribution in [0.4, 0.5) is 5.69 Å². The van der Waals surface area contributed by atoms with Crippen molar-refractivity contribution in [3.05, 3.63) is 70.5 Å². The van der Waals surface area contributed by atoms with Gasteiger partial charge in [-0.15, -0.1) is 0 Å². The molecule has 1 aliphatic rings. The van der Waals surface area contributed by atoms with Crippen LogP contribution in [0.2, 0.25) is 0 Å². The van der Waals surface area contributed by atoms with Crippen molar-refractivity contribution in [2.45, 2.75) is 13.0 Å². The normalized spacial score (nSPS) is 15.7. The van der Waals surface area contributed by atoms with Gasteiger partial charge in [0, 0.05) is 59.5 Å². The van der Waals surface area contributed by atoms with Crippen molar-refractivity contribution in [3.8, 4) is 0 Å². The van der Waals surface area contributed by atoms with E-state index in [4.69, 9.17) is 5.73 Å². The molecule has 2 heterocycles. The fourth-order valence-electron chi connectivity index (χ4n) is 3.86. The number of carbonyl (C=O) groups is 1. The fourth-order valence-corrected chi connectivity index (χ4v) is 4.28. The van der Waals surface area contributed by atoms with Crippen LogP contribution in [0.25, 0.3) is 10.8 Å². The predicted octanol–water partition coefficient (Wildman–Crippen LogP) is 3.65. The van der Waals surface area contributed by atoms with E-state index in [2.05, 4.69) is 50.9 Å². The number of hydrogen-bond acceptors (Lipinski definition) is 4. The molecule has 0 bridgehead atoms. The zero-order chi connectivity index (χ0) is 19.7. The molecule has 1 aromatic heterocycles. The Kier molecular flexibility index (Phi) is 5.33. The molecule has 1 fully saturated rings. The molecule has 0 saturated carbocycles. The van der Waals surface area contributed by atoms with E-state index in [1.165, 1.54) is 16.6 Å². The average molecular weight is 439 g/mol. The maximum atomic E-state index is 12.9. The SMILES string of the molecule is Cc1cncc2cccc(N3CCN(C(=O)C(N)c4cccc(Br)c4)CC3)c12. The summed E-state index contributed by atoms with van der Waals surface area (Å²) in [5, 5.41) is 2.38. The molecule has 2 N–H and O–H groups in total. The van der Waals surface area contributed by atoms with Gasteiger partial charge in [0.15, 0.2) is 0 Å².